The lowest BCUT2D eigenvalue weighted by Crippen LogP contribution is -2.24. The number of H-pyrrole nitrogens is 1. The Balaban J connectivity index is 1.81. The van der Waals surface area contributed by atoms with Gasteiger partial charge >= 0.3 is 0 Å². The van der Waals surface area contributed by atoms with Crippen molar-refractivity contribution in [3.05, 3.63) is 59.3 Å². The Hall–Kier alpha value is -2.31. The van der Waals surface area contributed by atoms with Gasteiger partial charge < -0.3 is 9.72 Å². The van der Waals surface area contributed by atoms with Crippen LogP contribution in [0.1, 0.15) is 16.8 Å². The molecular formula is C18H20N2O3S. The number of hydrogen-bond donors (Lipinski definition) is 2. The lowest BCUT2D eigenvalue weighted by molar-refractivity contribution is 0.414. The van der Waals surface area contributed by atoms with Crippen LogP contribution in [0.15, 0.2) is 47.4 Å². The molecule has 0 aliphatic rings. The first kappa shape index (κ1) is 16.5. The summed E-state index contributed by atoms with van der Waals surface area (Å²) in [5, 5.41) is 1.07. The minimum Gasteiger partial charge on any atom is -0.497 e. The SMILES string of the molecule is COc1ccc(S(=O)(=O)NCc2ccc3[nH]c(C)cc3c2)c(C)c1. The minimum absolute atomic E-state index is 0.244. The number of ether oxygens (including phenoxy) is 1. The van der Waals surface area contributed by atoms with Gasteiger partial charge in [0.25, 0.3) is 0 Å². The van der Waals surface area contributed by atoms with Crippen molar-refractivity contribution in [1.82, 2.24) is 9.71 Å². The van der Waals surface area contributed by atoms with E-state index in [1.54, 1.807) is 32.2 Å². The van der Waals surface area contributed by atoms with Gasteiger partial charge in [-0.1, -0.05) is 6.07 Å². The molecule has 0 bridgehead atoms. The molecule has 0 unspecified atom stereocenters. The molecule has 5 nitrogen and oxygen atoms in total. The van der Waals surface area contributed by atoms with Gasteiger partial charge in [0.1, 0.15) is 5.75 Å². The van der Waals surface area contributed by atoms with Crippen molar-refractivity contribution >= 4 is 20.9 Å². The van der Waals surface area contributed by atoms with E-state index in [2.05, 4.69) is 9.71 Å². The maximum atomic E-state index is 12.5. The predicted molar refractivity (Wildman–Crippen MR) is 94.8 cm³/mol. The van der Waals surface area contributed by atoms with E-state index in [4.69, 9.17) is 4.74 Å². The number of sulfonamides is 1. The quantitative estimate of drug-likeness (QED) is 0.746. The molecule has 6 heteroatoms. The molecule has 0 aliphatic carbocycles. The van der Waals surface area contributed by atoms with E-state index in [0.717, 1.165) is 22.2 Å². The van der Waals surface area contributed by atoms with Gasteiger partial charge in [-0.3, -0.25) is 0 Å². The number of rotatable bonds is 5. The first-order valence-corrected chi connectivity index (χ1v) is 9.10. The summed E-state index contributed by atoms with van der Waals surface area (Å²) in [6.07, 6.45) is 0. The molecule has 24 heavy (non-hydrogen) atoms. The number of benzene rings is 2. The maximum absolute atomic E-state index is 12.5. The fraction of sp³-hybridized carbons (Fsp3) is 0.222. The minimum atomic E-state index is -3.58. The Kier molecular flexibility index (Phi) is 4.34. The standard InChI is InChI=1S/C18H20N2O3S/c1-12-8-16(23-3)5-7-18(12)24(21,22)19-11-14-4-6-17-15(10-14)9-13(2)20-17/h4-10,19-20H,11H2,1-3H3. The lowest BCUT2D eigenvalue weighted by atomic mass is 10.1. The van der Waals surface area contributed by atoms with Crippen molar-refractivity contribution < 1.29 is 13.2 Å². The number of fused-ring (bicyclic) bond motifs is 1. The zero-order valence-electron chi connectivity index (χ0n) is 13.9. The van der Waals surface area contributed by atoms with Crippen LogP contribution in [-0.2, 0) is 16.6 Å². The summed E-state index contributed by atoms with van der Waals surface area (Å²) in [5.74, 6) is 0.639. The second-order valence-corrected chi connectivity index (χ2v) is 7.57. The van der Waals surface area contributed by atoms with Crippen LogP contribution in [0.4, 0.5) is 0 Å². The van der Waals surface area contributed by atoms with E-state index in [9.17, 15) is 8.42 Å². The molecular weight excluding hydrogens is 324 g/mol. The van der Waals surface area contributed by atoms with Gasteiger partial charge in [0.15, 0.2) is 0 Å². The van der Waals surface area contributed by atoms with E-state index in [0.29, 0.717) is 11.3 Å². The molecule has 126 valence electrons. The first-order chi connectivity index (χ1) is 11.4. The second-order valence-electron chi connectivity index (χ2n) is 5.83. The van der Waals surface area contributed by atoms with Crippen LogP contribution >= 0.6 is 0 Å². The third kappa shape index (κ3) is 3.29. The van der Waals surface area contributed by atoms with Crippen molar-refractivity contribution in [2.75, 3.05) is 7.11 Å². The van der Waals surface area contributed by atoms with Crippen molar-refractivity contribution in [2.24, 2.45) is 0 Å². The van der Waals surface area contributed by atoms with E-state index in [1.165, 1.54) is 0 Å². The Morgan fingerprint density at radius 3 is 2.58 bits per heavy atom. The molecule has 0 spiro atoms. The summed E-state index contributed by atoms with van der Waals surface area (Å²) < 4.78 is 32.9. The maximum Gasteiger partial charge on any atom is 0.241 e. The summed E-state index contributed by atoms with van der Waals surface area (Å²) in [6.45, 7) is 3.99. The van der Waals surface area contributed by atoms with Crippen LogP contribution in [-0.4, -0.2) is 20.5 Å². The normalized spacial score (nSPS) is 11.8. The summed E-state index contributed by atoms with van der Waals surface area (Å²) in [5.41, 5.74) is 3.69. The van der Waals surface area contributed by atoms with Crippen molar-refractivity contribution in [2.45, 2.75) is 25.3 Å². The molecule has 0 amide bonds. The molecule has 2 N–H and O–H groups in total. The highest BCUT2D eigenvalue weighted by Gasteiger charge is 2.17. The molecule has 1 aromatic heterocycles. The molecule has 2 aromatic carbocycles. The summed E-state index contributed by atoms with van der Waals surface area (Å²) in [7, 11) is -2.02. The van der Waals surface area contributed by atoms with E-state index < -0.39 is 10.0 Å². The highest BCUT2D eigenvalue weighted by molar-refractivity contribution is 7.89. The Bertz CT molecular complexity index is 991. The van der Waals surface area contributed by atoms with E-state index in [-0.39, 0.29) is 11.4 Å². The summed E-state index contributed by atoms with van der Waals surface area (Å²) in [4.78, 5) is 3.52. The van der Waals surface area contributed by atoms with Gasteiger partial charge in [0.2, 0.25) is 10.0 Å². The van der Waals surface area contributed by atoms with Gasteiger partial charge in [0.05, 0.1) is 12.0 Å². The van der Waals surface area contributed by atoms with Crippen LogP contribution in [0.2, 0.25) is 0 Å². The Morgan fingerprint density at radius 1 is 1.08 bits per heavy atom. The average Bonchev–Trinajstić information content (AvgIpc) is 2.91. The Morgan fingerprint density at radius 2 is 1.88 bits per heavy atom. The molecule has 0 atom stereocenters. The van der Waals surface area contributed by atoms with Crippen LogP contribution in [0.25, 0.3) is 10.9 Å². The van der Waals surface area contributed by atoms with Gasteiger partial charge in [0, 0.05) is 17.8 Å². The fourth-order valence-electron chi connectivity index (χ4n) is 2.74. The monoisotopic (exact) mass is 344 g/mol. The lowest BCUT2D eigenvalue weighted by Gasteiger charge is -2.10. The van der Waals surface area contributed by atoms with E-state index in [1.807, 2.05) is 31.2 Å². The average molecular weight is 344 g/mol. The number of aromatic amines is 1. The fourth-order valence-corrected chi connectivity index (χ4v) is 3.99. The smallest absolute Gasteiger partial charge is 0.241 e. The van der Waals surface area contributed by atoms with Crippen molar-refractivity contribution in [3.8, 4) is 5.75 Å². The summed E-state index contributed by atoms with van der Waals surface area (Å²) in [6, 6.07) is 12.8. The number of aromatic nitrogens is 1. The third-order valence-corrected chi connectivity index (χ3v) is 5.52. The second kappa shape index (κ2) is 6.30. The molecule has 3 rings (SSSR count). The molecule has 3 aromatic rings. The zero-order chi connectivity index (χ0) is 17.3. The number of nitrogens with one attached hydrogen (secondary N) is 2. The van der Waals surface area contributed by atoms with Crippen LogP contribution in [0.3, 0.4) is 0 Å². The van der Waals surface area contributed by atoms with Crippen LogP contribution in [0.5, 0.6) is 5.75 Å². The molecule has 0 saturated heterocycles. The van der Waals surface area contributed by atoms with Crippen LogP contribution < -0.4 is 9.46 Å². The highest BCUT2D eigenvalue weighted by Crippen LogP contribution is 2.21. The molecule has 0 fully saturated rings. The highest BCUT2D eigenvalue weighted by atomic mass is 32.2. The molecule has 0 aliphatic heterocycles. The van der Waals surface area contributed by atoms with Gasteiger partial charge in [-0.05, 0) is 66.8 Å². The Labute approximate surface area is 141 Å². The summed E-state index contributed by atoms with van der Waals surface area (Å²) >= 11 is 0. The van der Waals surface area contributed by atoms with Gasteiger partial charge in [-0.2, -0.15) is 0 Å². The van der Waals surface area contributed by atoms with Crippen LogP contribution in [0, 0.1) is 13.8 Å². The largest absolute Gasteiger partial charge is 0.497 e. The molecule has 0 radical (unpaired) electrons. The van der Waals surface area contributed by atoms with Gasteiger partial charge in [-0.15, -0.1) is 0 Å². The topological polar surface area (TPSA) is 71.2 Å². The van der Waals surface area contributed by atoms with Crippen molar-refractivity contribution in [1.29, 1.82) is 0 Å². The molecule has 0 saturated carbocycles. The number of methoxy groups -OCH3 is 1. The van der Waals surface area contributed by atoms with Gasteiger partial charge in [-0.25, -0.2) is 13.1 Å². The molecule has 1 heterocycles. The van der Waals surface area contributed by atoms with Crippen molar-refractivity contribution in [3.63, 3.8) is 0 Å². The first-order valence-electron chi connectivity index (χ1n) is 7.61. The third-order valence-electron chi connectivity index (χ3n) is 3.96. The number of hydrogen-bond acceptors (Lipinski definition) is 3. The zero-order valence-corrected chi connectivity index (χ0v) is 14.7. The number of aryl methyl sites for hydroxylation is 2. The predicted octanol–water partition coefficient (Wildman–Crippen LogP) is 3.27. The van der Waals surface area contributed by atoms with E-state index >= 15 is 0 Å².